The van der Waals surface area contributed by atoms with Crippen molar-refractivity contribution in [2.24, 2.45) is 23.2 Å². The molecule has 1 heterocycles. The summed E-state index contributed by atoms with van der Waals surface area (Å²) >= 11 is 0. The number of nitrogens with one attached hydrogen (secondary N) is 1. The topological polar surface area (TPSA) is 15.3 Å². The van der Waals surface area contributed by atoms with Gasteiger partial charge in [-0.3, -0.25) is 4.90 Å². The molecule has 5 rings (SSSR count). The molecule has 0 spiro atoms. The van der Waals surface area contributed by atoms with Gasteiger partial charge in [0.05, 0.1) is 0 Å². The standard InChI is InChI=1S/C17H28N2/c1-19-5-4-18-12-16(19)2-3-17-9-13-6-14(10-17)8-15(7-13)11-17/h2-3,13-16,18H,4-12H2,1H3/b3-2+. The Kier molecular flexibility index (Phi) is 3.00. The Labute approximate surface area is 117 Å². The van der Waals surface area contributed by atoms with Crippen LogP contribution in [-0.2, 0) is 0 Å². The van der Waals surface area contributed by atoms with Gasteiger partial charge in [0, 0.05) is 25.7 Å². The van der Waals surface area contributed by atoms with Gasteiger partial charge in [-0.25, -0.2) is 0 Å². The summed E-state index contributed by atoms with van der Waals surface area (Å²) in [7, 11) is 2.27. The molecule has 1 unspecified atom stereocenters. The summed E-state index contributed by atoms with van der Waals surface area (Å²) < 4.78 is 0. The van der Waals surface area contributed by atoms with E-state index in [2.05, 4.69) is 29.4 Å². The molecular weight excluding hydrogens is 232 g/mol. The third kappa shape index (κ3) is 2.27. The summed E-state index contributed by atoms with van der Waals surface area (Å²) in [5.74, 6) is 3.20. The number of allylic oxidation sites excluding steroid dienone is 1. The van der Waals surface area contributed by atoms with Gasteiger partial charge in [0.25, 0.3) is 0 Å². The zero-order chi connectivity index (χ0) is 12.9. The van der Waals surface area contributed by atoms with Gasteiger partial charge in [-0.15, -0.1) is 0 Å². The monoisotopic (exact) mass is 260 g/mol. The fraction of sp³-hybridized carbons (Fsp3) is 0.882. The van der Waals surface area contributed by atoms with Gasteiger partial charge in [-0.2, -0.15) is 0 Å². The second kappa shape index (κ2) is 4.60. The van der Waals surface area contributed by atoms with E-state index in [1.54, 1.807) is 19.3 Å². The lowest BCUT2D eigenvalue weighted by atomic mass is 9.49. The molecule has 1 N–H and O–H groups in total. The van der Waals surface area contributed by atoms with E-state index in [0.29, 0.717) is 11.5 Å². The maximum Gasteiger partial charge on any atom is 0.0400 e. The normalized spacial score (nSPS) is 50.2. The van der Waals surface area contributed by atoms with Gasteiger partial charge in [0.1, 0.15) is 0 Å². The number of nitrogens with zero attached hydrogens (tertiary/aromatic N) is 1. The summed E-state index contributed by atoms with van der Waals surface area (Å²) in [6.07, 6.45) is 14.4. The highest BCUT2D eigenvalue weighted by Gasteiger charge is 2.49. The van der Waals surface area contributed by atoms with E-state index in [-0.39, 0.29) is 0 Å². The van der Waals surface area contributed by atoms with Gasteiger partial charge >= 0.3 is 0 Å². The molecule has 19 heavy (non-hydrogen) atoms. The number of hydrogen-bond donors (Lipinski definition) is 1. The quantitative estimate of drug-likeness (QED) is 0.768. The van der Waals surface area contributed by atoms with Crippen LogP contribution >= 0.6 is 0 Å². The van der Waals surface area contributed by atoms with Crippen molar-refractivity contribution in [2.45, 2.75) is 44.6 Å². The molecule has 0 radical (unpaired) electrons. The summed E-state index contributed by atoms with van der Waals surface area (Å²) in [6.45, 7) is 3.48. The zero-order valence-corrected chi connectivity index (χ0v) is 12.3. The maximum absolute atomic E-state index is 3.53. The lowest BCUT2D eigenvalue weighted by Gasteiger charge is -2.56. The van der Waals surface area contributed by atoms with E-state index in [1.807, 2.05) is 0 Å². The largest absolute Gasteiger partial charge is 0.314 e. The van der Waals surface area contributed by atoms with E-state index < -0.39 is 0 Å². The Bertz CT molecular complexity index is 338. The third-order valence-electron chi connectivity index (χ3n) is 6.32. The van der Waals surface area contributed by atoms with Crippen LogP contribution in [0.1, 0.15) is 38.5 Å². The summed E-state index contributed by atoms with van der Waals surface area (Å²) in [4.78, 5) is 2.51. The van der Waals surface area contributed by atoms with E-state index in [4.69, 9.17) is 0 Å². The highest BCUT2D eigenvalue weighted by atomic mass is 15.2. The van der Waals surface area contributed by atoms with Crippen LogP contribution < -0.4 is 5.32 Å². The van der Waals surface area contributed by atoms with Crippen molar-refractivity contribution in [3.05, 3.63) is 12.2 Å². The van der Waals surface area contributed by atoms with Crippen LogP contribution in [0.4, 0.5) is 0 Å². The van der Waals surface area contributed by atoms with Crippen molar-refractivity contribution in [1.82, 2.24) is 10.2 Å². The molecule has 2 heteroatoms. The molecular formula is C17H28N2. The van der Waals surface area contributed by atoms with Gasteiger partial charge in [0.2, 0.25) is 0 Å². The van der Waals surface area contributed by atoms with Crippen molar-refractivity contribution in [1.29, 1.82) is 0 Å². The smallest absolute Gasteiger partial charge is 0.0400 e. The van der Waals surface area contributed by atoms with Crippen molar-refractivity contribution in [2.75, 3.05) is 26.7 Å². The fourth-order valence-corrected chi connectivity index (χ4v) is 5.74. The lowest BCUT2D eigenvalue weighted by molar-refractivity contribution is -0.0241. The Balaban J connectivity index is 1.49. The number of hydrogen-bond acceptors (Lipinski definition) is 2. The fourth-order valence-electron chi connectivity index (χ4n) is 5.74. The Morgan fingerprint density at radius 2 is 1.68 bits per heavy atom. The molecule has 4 aliphatic carbocycles. The molecule has 5 fully saturated rings. The van der Waals surface area contributed by atoms with E-state index in [9.17, 15) is 0 Å². The van der Waals surface area contributed by atoms with Gasteiger partial charge < -0.3 is 5.32 Å². The molecule has 4 bridgehead atoms. The minimum atomic E-state index is 0.604. The zero-order valence-electron chi connectivity index (χ0n) is 12.3. The maximum atomic E-state index is 3.53. The van der Waals surface area contributed by atoms with Gasteiger partial charge in [-0.1, -0.05) is 12.2 Å². The molecule has 0 amide bonds. The Hall–Kier alpha value is -0.340. The van der Waals surface area contributed by atoms with E-state index >= 15 is 0 Å². The summed E-state index contributed by atoms with van der Waals surface area (Å²) in [6, 6.07) is 0.627. The Morgan fingerprint density at radius 1 is 1.05 bits per heavy atom. The van der Waals surface area contributed by atoms with Crippen LogP contribution in [0.25, 0.3) is 0 Å². The summed E-state index contributed by atoms with van der Waals surface area (Å²) in [5, 5.41) is 3.53. The number of piperazine rings is 1. The first-order chi connectivity index (χ1) is 9.22. The summed E-state index contributed by atoms with van der Waals surface area (Å²) in [5.41, 5.74) is 0.604. The van der Waals surface area contributed by atoms with Crippen LogP contribution in [0.15, 0.2) is 12.2 Å². The van der Waals surface area contributed by atoms with Crippen molar-refractivity contribution < 1.29 is 0 Å². The van der Waals surface area contributed by atoms with Crippen LogP contribution in [0.2, 0.25) is 0 Å². The average molecular weight is 260 g/mol. The first-order valence-electron chi connectivity index (χ1n) is 8.33. The van der Waals surface area contributed by atoms with Crippen molar-refractivity contribution in [3.8, 4) is 0 Å². The number of rotatable bonds is 2. The van der Waals surface area contributed by atoms with E-state index in [1.165, 1.54) is 25.8 Å². The second-order valence-corrected chi connectivity index (χ2v) is 7.89. The molecule has 2 nitrogen and oxygen atoms in total. The SMILES string of the molecule is CN1CCNCC1/C=C/C12CC3CC(CC(C3)C1)C2. The minimum Gasteiger partial charge on any atom is -0.314 e. The molecule has 1 saturated heterocycles. The predicted molar refractivity (Wildman–Crippen MR) is 79.0 cm³/mol. The van der Waals surface area contributed by atoms with Crippen LogP contribution in [0.3, 0.4) is 0 Å². The van der Waals surface area contributed by atoms with Gasteiger partial charge in [-0.05, 0) is 68.7 Å². The molecule has 106 valence electrons. The molecule has 0 aromatic carbocycles. The van der Waals surface area contributed by atoms with Crippen molar-refractivity contribution >= 4 is 0 Å². The first-order valence-corrected chi connectivity index (χ1v) is 8.33. The predicted octanol–water partition coefficient (Wildman–Crippen LogP) is 2.66. The van der Waals surface area contributed by atoms with Crippen molar-refractivity contribution in [3.63, 3.8) is 0 Å². The second-order valence-electron chi connectivity index (χ2n) is 7.89. The highest BCUT2D eigenvalue weighted by Crippen LogP contribution is 2.60. The molecule has 5 aliphatic rings. The van der Waals surface area contributed by atoms with E-state index in [0.717, 1.165) is 30.8 Å². The molecule has 1 atom stereocenters. The molecule has 0 aromatic rings. The van der Waals surface area contributed by atoms with Gasteiger partial charge in [0.15, 0.2) is 0 Å². The average Bonchev–Trinajstić information content (AvgIpc) is 2.36. The van der Waals surface area contributed by atoms with Crippen LogP contribution in [-0.4, -0.2) is 37.6 Å². The van der Waals surface area contributed by atoms with Crippen LogP contribution in [0, 0.1) is 23.2 Å². The lowest BCUT2D eigenvalue weighted by Crippen LogP contribution is -2.49. The molecule has 4 saturated carbocycles. The minimum absolute atomic E-state index is 0.604. The first kappa shape index (κ1) is 12.4. The highest BCUT2D eigenvalue weighted by molar-refractivity contribution is 5.13. The third-order valence-corrected chi connectivity index (χ3v) is 6.32. The number of likely N-dealkylation sites (N-methyl/N-ethyl adjacent to an activating group) is 1. The van der Waals surface area contributed by atoms with Crippen LogP contribution in [0.5, 0.6) is 0 Å². The molecule has 1 aliphatic heterocycles. The Morgan fingerprint density at radius 3 is 2.26 bits per heavy atom. The molecule has 0 aromatic heterocycles.